The van der Waals surface area contributed by atoms with Gasteiger partial charge in [-0.2, -0.15) is 13.2 Å². The Hall–Kier alpha value is -2.36. The van der Waals surface area contributed by atoms with Crippen molar-refractivity contribution in [3.8, 4) is 0 Å². The second kappa shape index (κ2) is 6.99. The van der Waals surface area contributed by atoms with Gasteiger partial charge in [0, 0.05) is 17.7 Å². The van der Waals surface area contributed by atoms with Crippen molar-refractivity contribution in [2.24, 2.45) is 0 Å². The molecule has 1 saturated heterocycles. The Balaban J connectivity index is 1.70. The molecule has 2 aromatic rings. The van der Waals surface area contributed by atoms with Crippen LogP contribution < -0.4 is 5.32 Å². The number of fused-ring (bicyclic) bond motifs is 1. The monoisotopic (exact) mass is 398 g/mol. The molecule has 3 rings (SSSR count). The molecule has 0 bridgehead atoms. The molecule has 3 amide bonds. The average Bonchev–Trinajstić information content (AvgIpc) is 2.78. The zero-order valence-electron chi connectivity index (χ0n) is 14.6. The summed E-state index contributed by atoms with van der Waals surface area (Å²) in [5.41, 5.74) is -0.715. The number of halogens is 3. The molecule has 6 nitrogen and oxygen atoms in total. The number of benzene rings is 1. The van der Waals surface area contributed by atoms with Gasteiger partial charge in [-0.05, 0) is 26.3 Å². The first kappa shape index (κ1) is 19.4. The van der Waals surface area contributed by atoms with Crippen LogP contribution in [0.2, 0.25) is 0 Å². The van der Waals surface area contributed by atoms with Crippen molar-refractivity contribution in [2.75, 3.05) is 12.3 Å². The van der Waals surface area contributed by atoms with Gasteiger partial charge in [-0.3, -0.25) is 9.69 Å². The molecule has 1 aliphatic rings. The highest BCUT2D eigenvalue weighted by Crippen LogP contribution is 2.32. The summed E-state index contributed by atoms with van der Waals surface area (Å²) in [5.74, 6) is -1.10. The maximum absolute atomic E-state index is 13.0. The second-order valence-electron chi connectivity index (χ2n) is 6.58. The predicted molar refractivity (Wildman–Crippen MR) is 94.2 cm³/mol. The molecule has 0 saturated carbocycles. The highest BCUT2D eigenvalue weighted by molar-refractivity contribution is 7.99. The number of alkyl halides is 3. The van der Waals surface area contributed by atoms with E-state index >= 15 is 0 Å². The van der Waals surface area contributed by atoms with E-state index in [-0.39, 0.29) is 23.0 Å². The number of amides is 3. The van der Waals surface area contributed by atoms with E-state index in [1.165, 1.54) is 6.07 Å². The molecule has 1 aromatic carbocycles. The van der Waals surface area contributed by atoms with E-state index in [0.29, 0.717) is 17.6 Å². The lowest BCUT2D eigenvalue weighted by Gasteiger charge is -2.15. The molecule has 1 aromatic heterocycles. The number of rotatable bonds is 5. The van der Waals surface area contributed by atoms with Crippen molar-refractivity contribution in [1.82, 2.24) is 20.2 Å². The fourth-order valence-corrected chi connectivity index (χ4v) is 3.64. The van der Waals surface area contributed by atoms with Crippen LogP contribution in [0.25, 0.3) is 10.9 Å². The Morgan fingerprint density at radius 1 is 1.19 bits per heavy atom. The average molecular weight is 398 g/mol. The standard InChI is InChI=1S/C17H17F3N4O2S/c1-16(2)14(25)24(15(26)23-16)8-5-9-27-12-10-6-3-4-7-11(10)21-13(22-12)17(18,19)20/h3-4,6-7H,5,8-9H2,1-2H3,(H,23,26). The van der Waals surface area contributed by atoms with Gasteiger partial charge >= 0.3 is 12.2 Å². The summed E-state index contributed by atoms with van der Waals surface area (Å²) in [7, 11) is 0. The summed E-state index contributed by atoms with van der Waals surface area (Å²) in [4.78, 5) is 32.3. The van der Waals surface area contributed by atoms with E-state index in [9.17, 15) is 22.8 Å². The third-order valence-corrected chi connectivity index (χ3v) is 5.11. The second-order valence-corrected chi connectivity index (χ2v) is 7.66. The van der Waals surface area contributed by atoms with Gasteiger partial charge in [-0.1, -0.05) is 18.2 Å². The minimum absolute atomic E-state index is 0.191. The summed E-state index contributed by atoms with van der Waals surface area (Å²) >= 11 is 1.15. The fraction of sp³-hybridized carbons (Fsp3) is 0.412. The number of carbonyl (C=O) groups is 2. The number of hydrogen-bond donors (Lipinski definition) is 1. The highest BCUT2D eigenvalue weighted by Gasteiger charge is 2.43. The molecule has 1 N–H and O–H groups in total. The molecule has 27 heavy (non-hydrogen) atoms. The number of carbonyl (C=O) groups excluding carboxylic acids is 2. The van der Waals surface area contributed by atoms with Crippen LogP contribution in [0.4, 0.5) is 18.0 Å². The Labute approximate surface area is 157 Å². The molecule has 1 fully saturated rings. The Kier molecular flexibility index (Phi) is 5.02. The van der Waals surface area contributed by atoms with Crippen molar-refractivity contribution >= 4 is 34.6 Å². The van der Waals surface area contributed by atoms with E-state index < -0.39 is 23.6 Å². The van der Waals surface area contributed by atoms with Crippen LogP contribution in [-0.4, -0.2) is 44.6 Å². The number of para-hydroxylation sites is 1. The lowest BCUT2D eigenvalue weighted by atomic mass is 10.1. The van der Waals surface area contributed by atoms with E-state index in [0.717, 1.165) is 16.7 Å². The first-order valence-corrected chi connectivity index (χ1v) is 9.19. The zero-order chi connectivity index (χ0) is 19.8. The number of urea groups is 1. The molecule has 0 unspecified atom stereocenters. The van der Waals surface area contributed by atoms with Gasteiger partial charge in [0.05, 0.1) is 5.52 Å². The largest absolute Gasteiger partial charge is 0.451 e. The molecule has 10 heteroatoms. The lowest BCUT2D eigenvalue weighted by Crippen LogP contribution is -2.40. The number of nitrogens with one attached hydrogen (secondary N) is 1. The molecular weight excluding hydrogens is 381 g/mol. The Morgan fingerprint density at radius 3 is 2.52 bits per heavy atom. The van der Waals surface area contributed by atoms with Crippen LogP contribution in [-0.2, 0) is 11.0 Å². The number of aromatic nitrogens is 2. The van der Waals surface area contributed by atoms with E-state index in [4.69, 9.17) is 0 Å². The quantitative estimate of drug-likeness (QED) is 0.361. The van der Waals surface area contributed by atoms with Crippen LogP contribution in [0.15, 0.2) is 29.3 Å². The van der Waals surface area contributed by atoms with E-state index in [2.05, 4.69) is 15.3 Å². The van der Waals surface area contributed by atoms with Gasteiger partial charge in [-0.25, -0.2) is 14.8 Å². The minimum Gasteiger partial charge on any atom is -0.324 e. The molecule has 0 atom stereocenters. The topological polar surface area (TPSA) is 75.2 Å². The molecule has 2 heterocycles. The van der Waals surface area contributed by atoms with Crippen molar-refractivity contribution in [1.29, 1.82) is 0 Å². The van der Waals surface area contributed by atoms with Crippen molar-refractivity contribution in [2.45, 2.75) is 37.0 Å². The first-order valence-electron chi connectivity index (χ1n) is 8.20. The van der Waals surface area contributed by atoms with Gasteiger partial charge in [0.25, 0.3) is 5.91 Å². The van der Waals surface area contributed by atoms with Gasteiger partial charge in [0.15, 0.2) is 0 Å². The third kappa shape index (κ3) is 4.00. The summed E-state index contributed by atoms with van der Waals surface area (Å²) in [5, 5.41) is 3.35. The fourth-order valence-electron chi connectivity index (χ4n) is 2.70. The normalized spacial score (nSPS) is 16.9. The van der Waals surface area contributed by atoms with Gasteiger partial charge in [0.1, 0.15) is 10.6 Å². The van der Waals surface area contributed by atoms with Gasteiger partial charge in [-0.15, -0.1) is 11.8 Å². The molecule has 1 aliphatic heterocycles. The first-order chi connectivity index (χ1) is 12.6. The molecule has 0 aliphatic carbocycles. The van der Waals surface area contributed by atoms with Crippen molar-refractivity contribution in [3.63, 3.8) is 0 Å². The maximum atomic E-state index is 13.0. The molecule has 144 valence electrons. The smallest absolute Gasteiger partial charge is 0.324 e. The van der Waals surface area contributed by atoms with Crippen molar-refractivity contribution in [3.05, 3.63) is 30.1 Å². The lowest BCUT2D eigenvalue weighted by molar-refractivity contribution is -0.145. The van der Waals surface area contributed by atoms with Crippen LogP contribution in [0, 0.1) is 0 Å². The zero-order valence-corrected chi connectivity index (χ0v) is 15.4. The number of nitrogens with zero attached hydrogens (tertiary/aromatic N) is 3. The van der Waals surface area contributed by atoms with Crippen molar-refractivity contribution < 1.29 is 22.8 Å². The van der Waals surface area contributed by atoms with E-state index in [1.807, 2.05) is 0 Å². The van der Waals surface area contributed by atoms with E-state index in [1.54, 1.807) is 32.0 Å². The molecule has 0 spiro atoms. The number of hydrogen-bond acceptors (Lipinski definition) is 5. The van der Waals surface area contributed by atoms with Crippen LogP contribution in [0.1, 0.15) is 26.1 Å². The van der Waals surface area contributed by atoms with Crippen LogP contribution in [0.5, 0.6) is 0 Å². The summed E-state index contributed by atoms with van der Waals surface area (Å²) in [6, 6.07) is 6.03. The van der Waals surface area contributed by atoms with Crippen LogP contribution >= 0.6 is 11.8 Å². The number of thioether (sulfide) groups is 1. The van der Waals surface area contributed by atoms with Gasteiger partial charge in [0.2, 0.25) is 5.82 Å². The maximum Gasteiger partial charge on any atom is 0.451 e. The SMILES string of the molecule is CC1(C)NC(=O)N(CCCSc2nc(C(F)(F)F)nc3ccccc23)C1=O. The molecule has 0 radical (unpaired) electrons. The Bertz CT molecular complexity index is 901. The summed E-state index contributed by atoms with van der Waals surface area (Å²) in [6.07, 6.45) is -4.20. The predicted octanol–water partition coefficient (Wildman–Crippen LogP) is 3.46. The summed E-state index contributed by atoms with van der Waals surface area (Å²) in [6.45, 7) is 3.43. The highest BCUT2D eigenvalue weighted by atomic mass is 32.2. The van der Waals surface area contributed by atoms with Crippen LogP contribution in [0.3, 0.4) is 0 Å². The number of imide groups is 1. The molecular formula is C17H17F3N4O2S. The third-order valence-electron chi connectivity index (χ3n) is 4.03. The minimum atomic E-state index is -4.63. The Morgan fingerprint density at radius 2 is 1.89 bits per heavy atom. The summed E-state index contributed by atoms with van der Waals surface area (Å²) < 4.78 is 39.1. The van der Waals surface area contributed by atoms with Gasteiger partial charge < -0.3 is 5.32 Å².